The van der Waals surface area contributed by atoms with Crippen molar-refractivity contribution in [3.8, 4) is 0 Å². The molecule has 0 bridgehead atoms. The third kappa shape index (κ3) is 2.72. The summed E-state index contributed by atoms with van der Waals surface area (Å²) in [6.45, 7) is 8.17. The first-order chi connectivity index (χ1) is 5.59. The fraction of sp³-hybridized carbons (Fsp3) is 1.00. The predicted octanol–water partition coefficient (Wildman–Crippen LogP) is 1.66. The Hall–Kier alpha value is -0.150. The Morgan fingerprint density at radius 3 is 2.67 bits per heavy atom. The Morgan fingerprint density at radius 2 is 2.08 bits per heavy atom. The molecule has 1 aliphatic heterocycles. The zero-order valence-electron chi connectivity index (χ0n) is 8.09. The zero-order valence-corrected chi connectivity index (χ0v) is 8.09. The molecule has 1 saturated heterocycles. The standard InChI is InChI=1S/C9H18FNO/c1-7(2)11-4-8(3)6-12-9(10)5-11/h7-9H,4-6H2,1-3H3/t8-,9-/m0/s1. The molecule has 0 N–H and O–H groups in total. The van der Waals surface area contributed by atoms with Gasteiger partial charge in [-0.15, -0.1) is 0 Å². The Balaban J connectivity index is 2.49. The number of rotatable bonds is 1. The molecule has 0 amide bonds. The van der Waals surface area contributed by atoms with E-state index in [-0.39, 0.29) is 0 Å². The molecule has 0 aromatic rings. The Morgan fingerprint density at radius 1 is 1.42 bits per heavy atom. The first kappa shape index (κ1) is 9.93. The largest absolute Gasteiger partial charge is 0.347 e. The van der Waals surface area contributed by atoms with Crippen LogP contribution in [0, 0.1) is 5.92 Å². The van der Waals surface area contributed by atoms with Gasteiger partial charge in [-0.2, -0.15) is 0 Å². The van der Waals surface area contributed by atoms with Crippen LogP contribution in [0.5, 0.6) is 0 Å². The van der Waals surface area contributed by atoms with Crippen LogP contribution in [0.3, 0.4) is 0 Å². The van der Waals surface area contributed by atoms with Crippen molar-refractivity contribution in [3.63, 3.8) is 0 Å². The summed E-state index contributed by atoms with van der Waals surface area (Å²) in [5, 5.41) is 0. The Bertz CT molecular complexity index is 128. The van der Waals surface area contributed by atoms with E-state index in [1.807, 2.05) is 0 Å². The summed E-state index contributed by atoms with van der Waals surface area (Å²) in [5.41, 5.74) is 0. The average molecular weight is 175 g/mol. The predicted molar refractivity (Wildman–Crippen MR) is 46.7 cm³/mol. The maximum atomic E-state index is 13.0. The van der Waals surface area contributed by atoms with Gasteiger partial charge in [0.25, 0.3) is 0 Å². The molecular formula is C9H18FNO. The molecule has 12 heavy (non-hydrogen) atoms. The SMILES string of the molecule is CC(C)N1C[C@H](C)CO[C@H](F)C1. The average Bonchev–Trinajstić information content (AvgIpc) is 2.13. The molecule has 2 nitrogen and oxygen atoms in total. The van der Waals surface area contributed by atoms with Crippen LogP contribution in [-0.2, 0) is 4.74 Å². The molecule has 1 fully saturated rings. The van der Waals surface area contributed by atoms with Crippen molar-refractivity contribution in [2.24, 2.45) is 5.92 Å². The molecule has 0 aromatic heterocycles. The highest BCUT2D eigenvalue weighted by Gasteiger charge is 2.23. The van der Waals surface area contributed by atoms with E-state index in [4.69, 9.17) is 4.74 Å². The summed E-state index contributed by atoms with van der Waals surface area (Å²) in [5.74, 6) is 0.438. The van der Waals surface area contributed by atoms with Gasteiger partial charge in [-0.1, -0.05) is 6.92 Å². The number of ether oxygens (including phenoxy) is 1. The van der Waals surface area contributed by atoms with Crippen LogP contribution in [0.15, 0.2) is 0 Å². The molecule has 0 radical (unpaired) electrons. The number of halogens is 1. The van der Waals surface area contributed by atoms with Crippen LogP contribution >= 0.6 is 0 Å². The molecule has 3 heteroatoms. The van der Waals surface area contributed by atoms with Crippen molar-refractivity contribution in [3.05, 3.63) is 0 Å². The van der Waals surface area contributed by atoms with Crippen LogP contribution in [-0.4, -0.2) is 37.0 Å². The second-order valence-corrected chi connectivity index (χ2v) is 3.90. The van der Waals surface area contributed by atoms with Crippen molar-refractivity contribution in [1.82, 2.24) is 4.90 Å². The molecule has 0 aromatic carbocycles. The lowest BCUT2D eigenvalue weighted by Crippen LogP contribution is -2.36. The van der Waals surface area contributed by atoms with Crippen molar-refractivity contribution in [2.75, 3.05) is 19.7 Å². The van der Waals surface area contributed by atoms with E-state index in [9.17, 15) is 4.39 Å². The first-order valence-corrected chi connectivity index (χ1v) is 4.59. The second kappa shape index (κ2) is 4.19. The van der Waals surface area contributed by atoms with Gasteiger partial charge in [-0.05, 0) is 19.8 Å². The third-order valence-electron chi connectivity index (χ3n) is 2.22. The van der Waals surface area contributed by atoms with E-state index in [0.29, 0.717) is 25.1 Å². The molecule has 0 aliphatic carbocycles. The molecule has 0 spiro atoms. The van der Waals surface area contributed by atoms with Crippen molar-refractivity contribution in [1.29, 1.82) is 0 Å². The minimum absolute atomic E-state index is 0.410. The van der Waals surface area contributed by atoms with Gasteiger partial charge in [0.1, 0.15) is 0 Å². The van der Waals surface area contributed by atoms with E-state index in [2.05, 4.69) is 25.7 Å². The molecule has 1 aliphatic rings. The van der Waals surface area contributed by atoms with Gasteiger partial charge in [0.2, 0.25) is 6.36 Å². The molecule has 72 valence electrons. The van der Waals surface area contributed by atoms with Crippen molar-refractivity contribution >= 4 is 0 Å². The molecule has 0 saturated carbocycles. The van der Waals surface area contributed by atoms with Gasteiger partial charge in [0, 0.05) is 12.6 Å². The highest BCUT2D eigenvalue weighted by molar-refractivity contribution is 4.70. The summed E-state index contributed by atoms with van der Waals surface area (Å²) >= 11 is 0. The van der Waals surface area contributed by atoms with Crippen LogP contribution in [0.1, 0.15) is 20.8 Å². The number of alkyl halides is 1. The van der Waals surface area contributed by atoms with Gasteiger partial charge in [0.15, 0.2) is 0 Å². The van der Waals surface area contributed by atoms with Crippen LogP contribution in [0.2, 0.25) is 0 Å². The van der Waals surface area contributed by atoms with Crippen LogP contribution < -0.4 is 0 Å². The molecule has 1 rings (SSSR count). The Labute approximate surface area is 73.7 Å². The highest BCUT2D eigenvalue weighted by atomic mass is 19.1. The fourth-order valence-corrected chi connectivity index (χ4v) is 1.45. The van der Waals surface area contributed by atoms with E-state index >= 15 is 0 Å². The maximum absolute atomic E-state index is 13.0. The Kier molecular flexibility index (Phi) is 3.47. The van der Waals surface area contributed by atoms with Crippen LogP contribution in [0.25, 0.3) is 0 Å². The minimum atomic E-state index is -1.10. The van der Waals surface area contributed by atoms with Gasteiger partial charge >= 0.3 is 0 Å². The van der Waals surface area contributed by atoms with E-state index in [1.54, 1.807) is 0 Å². The van der Waals surface area contributed by atoms with Crippen molar-refractivity contribution in [2.45, 2.75) is 33.2 Å². The number of hydrogen-bond donors (Lipinski definition) is 0. The van der Waals surface area contributed by atoms with Gasteiger partial charge < -0.3 is 4.74 Å². The topological polar surface area (TPSA) is 12.5 Å². The van der Waals surface area contributed by atoms with Gasteiger partial charge in [0.05, 0.1) is 13.2 Å². The summed E-state index contributed by atoms with van der Waals surface area (Å²) in [6.07, 6.45) is -1.10. The molecule has 2 atom stereocenters. The first-order valence-electron chi connectivity index (χ1n) is 4.59. The number of nitrogens with zero attached hydrogens (tertiary/aromatic N) is 1. The quantitative estimate of drug-likeness (QED) is 0.601. The second-order valence-electron chi connectivity index (χ2n) is 3.90. The molecular weight excluding hydrogens is 157 g/mol. The van der Waals surface area contributed by atoms with E-state index < -0.39 is 6.36 Å². The van der Waals surface area contributed by atoms with Gasteiger partial charge in [-0.3, -0.25) is 4.90 Å². The smallest absolute Gasteiger partial charge is 0.211 e. The molecule has 0 unspecified atom stereocenters. The highest BCUT2D eigenvalue weighted by Crippen LogP contribution is 2.13. The lowest BCUT2D eigenvalue weighted by atomic mass is 10.1. The van der Waals surface area contributed by atoms with Crippen LogP contribution in [0.4, 0.5) is 4.39 Å². The summed E-state index contributed by atoms with van der Waals surface area (Å²) in [4.78, 5) is 2.13. The zero-order chi connectivity index (χ0) is 9.14. The summed E-state index contributed by atoms with van der Waals surface area (Å²) in [7, 11) is 0. The molecule has 1 heterocycles. The third-order valence-corrected chi connectivity index (χ3v) is 2.22. The van der Waals surface area contributed by atoms with E-state index in [0.717, 1.165) is 6.54 Å². The normalized spacial score (nSPS) is 33.8. The van der Waals surface area contributed by atoms with Crippen molar-refractivity contribution < 1.29 is 9.13 Å². The number of hydrogen-bond acceptors (Lipinski definition) is 2. The summed E-state index contributed by atoms with van der Waals surface area (Å²) < 4.78 is 18.0. The lowest BCUT2D eigenvalue weighted by Gasteiger charge is -2.25. The minimum Gasteiger partial charge on any atom is -0.347 e. The maximum Gasteiger partial charge on any atom is 0.211 e. The fourth-order valence-electron chi connectivity index (χ4n) is 1.45. The lowest BCUT2D eigenvalue weighted by molar-refractivity contribution is -0.0455. The van der Waals surface area contributed by atoms with E-state index in [1.165, 1.54) is 0 Å². The monoisotopic (exact) mass is 175 g/mol. The summed E-state index contributed by atoms with van der Waals surface area (Å²) in [6, 6.07) is 0.410. The van der Waals surface area contributed by atoms with Gasteiger partial charge in [-0.25, -0.2) is 4.39 Å².